The number of hydrogen-bond donors (Lipinski definition) is 2. The molecule has 2 N–H and O–H groups in total. The van der Waals surface area contributed by atoms with Gasteiger partial charge in [-0.1, -0.05) is 30.3 Å². The van der Waals surface area contributed by atoms with Gasteiger partial charge in [0.1, 0.15) is 0 Å². The van der Waals surface area contributed by atoms with E-state index in [1.54, 1.807) is 0 Å². The molecule has 0 aliphatic carbocycles. The van der Waals surface area contributed by atoms with Crippen molar-refractivity contribution in [3.63, 3.8) is 0 Å². The smallest absolute Gasteiger partial charge is 0.239 e. The van der Waals surface area contributed by atoms with Crippen LogP contribution in [-0.2, 0) is 11.2 Å². The second-order valence-electron chi connectivity index (χ2n) is 6.46. The lowest BCUT2D eigenvalue weighted by atomic mass is 10.1. The first-order valence-corrected chi connectivity index (χ1v) is 9.54. The molecule has 140 valence electrons. The minimum Gasteiger partial charge on any atom is -0.376 e. The predicted octanol–water partition coefficient (Wildman–Crippen LogP) is 4.00. The molecule has 0 radical (unpaired) electrons. The third-order valence-corrected chi connectivity index (χ3v) is 4.59. The molecule has 1 amide bonds. The van der Waals surface area contributed by atoms with E-state index < -0.39 is 0 Å². The van der Waals surface area contributed by atoms with Crippen LogP contribution in [0.3, 0.4) is 0 Å². The summed E-state index contributed by atoms with van der Waals surface area (Å²) in [5, 5.41) is 6.22. The van der Waals surface area contributed by atoms with Crippen molar-refractivity contribution in [1.29, 1.82) is 0 Å². The Kier molecular flexibility index (Phi) is 8.00. The number of nitrogens with one attached hydrogen (secondary N) is 2. The van der Waals surface area contributed by atoms with Crippen LogP contribution < -0.4 is 15.5 Å². The molecule has 0 aromatic heterocycles. The fourth-order valence-electron chi connectivity index (χ4n) is 3.03. The molecule has 0 saturated heterocycles. The zero-order valence-electron chi connectivity index (χ0n) is 16.2. The summed E-state index contributed by atoms with van der Waals surface area (Å²) in [6.45, 7) is 9.39. The number of hydrogen-bond acceptors (Lipinski definition) is 3. The molecule has 4 heteroatoms. The van der Waals surface area contributed by atoms with Crippen molar-refractivity contribution in [1.82, 2.24) is 5.32 Å². The highest BCUT2D eigenvalue weighted by atomic mass is 16.1. The molecule has 0 bridgehead atoms. The van der Waals surface area contributed by atoms with Crippen LogP contribution in [0.25, 0.3) is 0 Å². The van der Waals surface area contributed by atoms with Gasteiger partial charge in [0.15, 0.2) is 0 Å². The number of amides is 1. The summed E-state index contributed by atoms with van der Waals surface area (Å²) in [5.41, 5.74) is 4.71. The van der Waals surface area contributed by atoms with Crippen molar-refractivity contribution in [3.8, 4) is 0 Å². The number of rotatable bonds is 10. The van der Waals surface area contributed by atoms with Gasteiger partial charge in [0.25, 0.3) is 0 Å². The van der Waals surface area contributed by atoms with Crippen LogP contribution in [0.2, 0.25) is 0 Å². The highest BCUT2D eigenvalue weighted by Crippen LogP contribution is 2.22. The van der Waals surface area contributed by atoms with Gasteiger partial charge in [0.05, 0.1) is 6.54 Å². The Bertz CT molecular complexity index is 681. The van der Waals surface area contributed by atoms with E-state index in [9.17, 15) is 4.79 Å². The van der Waals surface area contributed by atoms with Gasteiger partial charge in [0.2, 0.25) is 5.91 Å². The number of aryl methyl sites for hydroxylation is 2. The Hall–Kier alpha value is -2.49. The lowest BCUT2D eigenvalue weighted by molar-refractivity contribution is -0.119. The summed E-state index contributed by atoms with van der Waals surface area (Å²) >= 11 is 0. The first-order valence-electron chi connectivity index (χ1n) is 9.54. The number of carbonyl (C=O) groups excluding carboxylic acids is 1. The van der Waals surface area contributed by atoms with E-state index in [4.69, 9.17) is 0 Å². The molecular formula is C22H31N3O. The summed E-state index contributed by atoms with van der Waals surface area (Å²) < 4.78 is 0. The molecule has 2 aromatic carbocycles. The third kappa shape index (κ3) is 6.10. The number of nitrogens with zero attached hydrogens (tertiary/aromatic N) is 1. The molecule has 0 atom stereocenters. The van der Waals surface area contributed by atoms with Crippen LogP contribution in [0.15, 0.2) is 48.5 Å². The highest BCUT2D eigenvalue weighted by Gasteiger charge is 2.06. The fraction of sp³-hybridized carbons (Fsp3) is 0.409. The monoisotopic (exact) mass is 353 g/mol. The van der Waals surface area contributed by atoms with Gasteiger partial charge >= 0.3 is 0 Å². The van der Waals surface area contributed by atoms with Crippen molar-refractivity contribution in [3.05, 3.63) is 59.7 Å². The minimum atomic E-state index is 0.0327. The van der Waals surface area contributed by atoms with Gasteiger partial charge in [-0.15, -0.1) is 0 Å². The van der Waals surface area contributed by atoms with Crippen molar-refractivity contribution in [2.24, 2.45) is 0 Å². The Morgan fingerprint density at radius 1 is 1.04 bits per heavy atom. The standard InChI is InChI=1S/C22H31N3O/c1-4-25(5-2)20-13-14-21(18(3)16-20)24-17-22(26)23-15-9-12-19-10-7-6-8-11-19/h6-8,10-11,13-14,16,24H,4-5,9,12,15,17H2,1-3H3,(H,23,26). The summed E-state index contributed by atoms with van der Waals surface area (Å²) in [6.07, 6.45) is 1.94. The normalized spacial score (nSPS) is 10.4. The Labute approximate surface area is 157 Å². The summed E-state index contributed by atoms with van der Waals surface area (Å²) in [4.78, 5) is 14.3. The summed E-state index contributed by atoms with van der Waals surface area (Å²) in [5.74, 6) is 0.0327. The van der Waals surface area contributed by atoms with E-state index in [1.807, 2.05) is 18.2 Å². The van der Waals surface area contributed by atoms with Crippen LogP contribution >= 0.6 is 0 Å². The average Bonchev–Trinajstić information content (AvgIpc) is 2.66. The molecule has 26 heavy (non-hydrogen) atoms. The van der Waals surface area contributed by atoms with Crippen LogP contribution in [0.4, 0.5) is 11.4 Å². The molecule has 0 spiro atoms. The zero-order chi connectivity index (χ0) is 18.8. The van der Waals surface area contributed by atoms with Crippen molar-refractivity contribution in [2.75, 3.05) is 36.4 Å². The molecule has 4 nitrogen and oxygen atoms in total. The number of anilines is 2. The molecule has 0 heterocycles. The Balaban J connectivity index is 1.73. The van der Waals surface area contributed by atoms with Crippen molar-refractivity contribution >= 4 is 17.3 Å². The van der Waals surface area contributed by atoms with Crippen LogP contribution in [-0.4, -0.2) is 32.1 Å². The van der Waals surface area contributed by atoms with Gasteiger partial charge in [-0.2, -0.15) is 0 Å². The minimum absolute atomic E-state index is 0.0327. The molecular weight excluding hydrogens is 322 g/mol. The third-order valence-electron chi connectivity index (χ3n) is 4.59. The van der Waals surface area contributed by atoms with Crippen molar-refractivity contribution in [2.45, 2.75) is 33.6 Å². The molecule has 2 rings (SSSR count). The van der Waals surface area contributed by atoms with Crippen molar-refractivity contribution < 1.29 is 4.79 Å². The van der Waals surface area contributed by atoms with E-state index in [0.717, 1.165) is 37.2 Å². The highest BCUT2D eigenvalue weighted by molar-refractivity contribution is 5.81. The first-order chi connectivity index (χ1) is 12.6. The SMILES string of the molecule is CCN(CC)c1ccc(NCC(=O)NCCCc2ccccc2)c(C)c1. The van der Waals surface area contributed by atoms with Gasteiger partial charge in [-0.05, 0) is 62.9 Å². The Morgan fingerprint density at radius 2 is 1.77 bits per heavy atom. The molecule has 0 unspecified atom stereocenters. The number of carbonyl (C=O) groups is 1. The first kappa shape index (κ1) is 19.8. The maximum Gasteiger partial charge on any atom is 0.239 e. The molecule has 0 fully saturated rings. The second-order valence-corrected chi connectivity index (χ2v) is 6.46. The molecule has 0 saturated carbocycles. The molecule has 0 aliphatic heterocycles. The summed E-state index contributed by atoms with van der Waals surface area (Å²) in [7, 11) is 0. The largest absolute Gasteiger partial charge is 0.376 e. The van der Waals surface area contributed by atoms with E-state index in [1.165, 1.54) is 11.3 Å². The fourth-order valence-corrected chi connectivity index (χ4v) is 3.03. The van der Waals surface area contributed by atoms with Gasteiger partial charge < -0.3 is 15.5 Å². The van der Waals surface area contributed by atoms with Crippen LogP contribution in [0.1, 0.15) is 31.4 Å². The van der Waals surface area contributed by atoms with Crippen LogP contribution in [0, 0.1) is 6.92 Å². The second kappa shape index (κ2) is 10.5. The summed E-state index contributed by atoms with van der Waals surface area (Å²) in [6, 6.07) is 16.7. The lowest BCUT2D eigenvalue weighted by Gasteiger charge is -2.22. The topological polar surface area (TPSA) is 44.4 Å². The Morgan fingerprint density at radius 3 is 2.42 bits per heavy atom. The van der Waals surface area contributed by atoms with Gasteiger partial charge in [0, 0.05) is 31.0 Å². The van der Waals surface area contributed by atoms with Gasteiger partial charge in [-0.25, -0.2) is 0 Å². The average molecular weight is 354 g/mol. The van der Waals surface area contributed by atoms with Gasteiger partial charge in [-0.3, -0.25) is 4.79 Å². The lowest BCUT2D eigenvalue weighted by Crippen LogP contribution is -2.31. The van der Waals surface area contributed by atoms with E-state index in [2.05, 4.69) is 66.6 Å². The maximum absolute atomic E-state index is 12.0. The zero-order valence-corrected chi connectivity index (χ0v) is 16.2. The number of benzene rings is 2. The van der Waals surface area contributed by atoms with E-state index >= 15 is 0 Å². The molecule has 2 aromatic rings. The quantitative estimate of drug-likeness (QED) is 0.635. The van der Waals surface area contributed by atoms with E-state index in [-0.39, 0.29) is 5.91 Å². The van der Waals surface area contributed by atoms with E-state index in [0.29, 0.717) is 13.1 Å². The predicted molar refractivity (Wildman–Crippen MR) is 111 cm³/mol. The molecule has 0 aliphatic rings. The van der Waals surface area contributed by atoms with Crippen LogP contribution in [0.5, 0.6) is 0 Å². The maximum atomic E-state index is 12.0.